The molecule has 1 N–H and O–H groups in total. The first-order chi connectivity index (χ1) is 9.40. The van der Waals surface area contributed by atoms with E-state index in [0.717, 1.165) is 12.1 Å². The van der Waals surface area contributed by atoms with Crippen LogP contribution in [0.3, 0.4) is 0 Å². The summed E-state index contributed by atoms with van der Waals surface area (Å²) in [4.78, 5) is 0. The Morgan fingerprint density at radius 1 is 1.30 bits per heavy atom. The molecule has 0 spiro atoms. The van der Waals surface area contributed by atoms with E-state index in [1.54, 1.807) is 12.1 Å². The average Bonchev–Trinajstić information content (AvgIpc) is 2.34. The van der Waals surface area contributed by atoms with Gasteiger partial charge in [-0.2, -0.15) is 13.2 Å². The summed E-state index contributed by atoms with van der Waals surface area (Å²) < 4.78 is 53.9. The minimum atomic E-state index is -4.32. The standard InChI is InChI=1S/C14H19F4NO/c1-2-19-8-12(9-20-10-14(16,17)18)6-11-4-3-5-13(15)7-11/h3-5,7,12,19H,2,6,8-10H2,1H3. The van der Waals surface area contributed by atoms with Gasteiger partial charge in [0.25, 0.3) is 0 Å². The predicted molar refractivity (Wildman–Crippen MR) is 69.0 cm³/mol. The summed E-state index contributed by atoms with van der Waals surface area (Å²) in [5.74, 6) is -0.472. The molecular formula is C14H19F4NO. The second kappa shape index (κ2) is 8.21. The summed E-state index contributed by atoms with van der Waals surface area (Å²) in [7, 11) is 0. The lowest BCUT2D eigenvalue weighted by atomic mass is 10.00. The molecule has 0 saturated heterocycles. The van der Waals surface area contributed by atoms with E-state index in [1.165, 1.54) is 12.1 Å². The first kappa shape index (κ1) is 16.9. The van der Waals surface area contributed by atoms with Crippen molar-refractivity contribution < 1.29 is 22.3 Å². The fraction of sp³-hybridized carbons (Fsp3) is 0.571. The molecule has 2 nitrogen and oxygen atoms in total. The van der Waals surface area contributed by atoms with Crippen LogP contribution in [0.25, 0.3) is 0 Å². The molecule has 0 radical (unpaired) electrons. The summed E-state index contributed by atoms with van der Waals surface area (Å²) in [5, 5.41) is 3.08. The van der Waals surface area contributed by atoms with Gasteiger partial charge in [0, 0.05) is 6.54 Å². The van der Waals surface area contributed by atoms with Crippen LogP contribution in [0, 0.1) is 11.7 Å². The van der Waals surface area contributed by atoms with Gasteiger partial charge in [-0.15, -0.1) is 0 Å². The molecule has 1 unspecified atom stereocenters. The molecule has 0 fully saturated rings. The van der Waals surface area contributed by atoms with E-state index >= 15 is 0 Å². The van der Waals surface area contributed by atoms with Crippen LogP contribution in [0.1, 0.15) is 12.5 Å². The van der Waals surface area contributed by atoms with Gasteiger partial charge in [-0.1, -0.05) is 19.1 Å². The molecule has 6 heteroatoms. The number of rotatable bonds is 8. The number of ether oxygens (including phenoxy) is 1. The maximum atomic E-state index is 13.1. The lowest BCUT2D eigenvalue weighted by Gasteiger charge is -2.18. The average molecular weight is 293 g/mol. The second-order valence-corrected chi connectivity index (χ2v) is 4.64. The Kier molecular flexibility index (Phi) is 6.95. The number of hydrogen-bond donors (Lipinski definition) is 1. The van der Waals surface area contributed by atoms with Gasteiger partial charge in [0.15, 0.2) is 0 Å². The summed E-state index contributed by atoms with van der Waals surface area (Å²) in [5.41, 5.74) is 0.753. The first-order valence-corrected chi connectivity index (χ1v) is 6.50. The maximum Gasteiger partial charge on any atom is 0.411 e. The van der Waals surface area contributed by atoms with Crippen LogP contribution in [0.2, 0.25) is 0 Å². The van der Waals surface area contributed by atoms with Gasteiger partial charge >= 0.3 is 6.18 Å². The minimum Gasteiger partial charge on any atom is -0.372 e. The van der Waals surface area contributed by atoms with Crippen LogP contribution in [0.5, 0.6) is 0 Å². The molecular weight excluding hydrogens is 274 g/mol. The lowest BCUT2D eigenvalue weighted by molar-refractivity contribution is -0.176. The molecule has 0 bridgehead atoms. The Hall–Kier alpha value is -1.14. The number of nitrogens with one attached hydrogen (secondary N) is 1. The van der Waals surface area contributed by atoms with Gasteiger partial charge in [-0.3, -0.25) is 0 Å². The van der Waals surface area contributed by atoms with Crippen molar-refractivity contribution in [2.24, 2.45) is 5.92 Å². The topological polar surface area (TPSA) is 21.3 Å². The number of hydrogen-bond acceptors (Lipinski definition) is 2. The summed E-state index contributed by atoms with van der Waals surface area (Å²) in [6.45, 7) is 1.90. The van der Waals surface area contributed by atoms with Gasteiger partial charge in [0.1, 0.15) is 12.4 Å². The summed E-state index contributed by atoms with van der Waals surface area (Å²) in [6, 6.07) is 6.07. The van der Waals surface area contributed by atoms with E-state index in [0.29, 0.717) is 13.0 Å². The van der Waals surface area contributed by atoms with Crippen molar-refractivity contribution in [1.82, 2.24) is 5.32 Å². The van der Waals surface area contributed by atoms with Crippen molar-refractivity contribution in [3.8, 4) is 0 Å². The van der Waals surface area contributed by atoms with Crippen molar-refractivity contribution in [2.75, 3.05) is 26.3 Å². The smallest absolute Gasteiger partial charge is 0.372 e. The Morgan fingerprint density at radius 3 is 2.65 bits per heavy atom. The highest BCUT2D eigenvalue weighted by Crippen LogP contribution is 2.16. The molecule has 1 aromatic carbocycles. The van der Waals surface area contributed by atoms with Crippen LogP contribution in [0.4, 0.5) is 17.6 Å². The fourth-order valence-electron chi connectivity index (χ4n) is 1.88. The molecule has 0 saturated carbocycles. The normalized spacial score (nSPS) is 13.4. The van der Waals surface area contributed by atoms with Gasteiger partial charge in [-0.05, 0) is 36.6 Å². The monoisotopic (exact) mass is 293 g/mol. The zero-order valence-electron chi connectivity index (χ0n) is 11.3. The van der Waals surface area contributed by atoms with Gasteiger partial charge in [0.2, 0.25) is 0 Å². The Morgan fingerprint density at radius 2 is 2.05 bits per heavy atom. The molecule has 0 aliphatic rings. The van der Waals surface area contributed by atoms with Crippen molar-refractivity contribution in [2.45, 2.75) is 19.5 Å². The third-order valence-electron chi connectivity index (χ3n) is 2.72. The molecule has 0 aliphatic carbocycles. The zero-order chi connectivity index (χ0) is 15.0. The van der Waals surface area contributed by atoms with Crippen molar-refractivity contribution in [3.63, 3.8) is 0 Å². The minimum absolute atomic E-state index is 0.0109. The predicted octanol–water partition coefficient (Wildman–Crippen LogP) is 3.17. The van der Waals surface area contributed by atoms with E-state index in [4.69, 9.17) is 4.74 Å². The molecule has 1 rings (SSSR count). The number of alkyl halides is 3. The highest BCUT2D eigenvalue weighted by Gasteiger charge is 2.27. The first-order valence-electron chi connectivity index (χ1n) is 6.50. The Balaban J connectivity index is 2.50. The molecule has 0 aliphatic heterocycles. The molecule has 0 heterocycles. The van der Waals surface area contributed by atoms with Crippen molar-refractivity contribution >= 4 is 0 Å². The van der Waals surface area contributed by atoms with E-state index in [1.807, 2.05) is 6.92 Å². The van der Waals surface area contributed by atoms with E-state index in [-0.39, 0.29) is 18.3 Å². The van der Waals surface area contributed by atoms with Crippen LogP contribution in [0.15, 0.2) is 24.3 Å². The lowest BCUT2D eigenvalue weighted by Crippen LogP contribution is -2.29. The van der Waals surface area contributed by atoms with Crippen LogP contribution in [-0.2, 0) is 11.2 Å². The number of halogens is 4. The Bertz CT molecular complexity index is 395. The third-order valence-corrected chi connectivity index (χ3v) is 2.72. The molecule has 0 aromatic heterocycles. The molecule has 1 atom stereocenters. The van der Waals surface area contributed by atoms with Crippen LogP contribution >= 0.6 is 0 Å². The SMILES string of the molecule is CCNCC(COCC(F)(F)F)Cc1cccc(F)c1. The molecule has 20 heavy (non-hydrogen) atoms. The quantitative estimate of drug-likeness (QED) is 0.743. The van der Waals surface area contributed by atoms with Crippen molar-refractivity contribution in [1.29, 1.82) is 0 Å². The highest BCUT2D eigenvalue weighted by atomic mass is 19.4. The van der Waals surface area contributed by atoms with Crippen molar-refractivity contribution in [3.05, 3.63) is 35.6 Å². The number of benzene rings is 1. The molecule has 0 amide bonds. The molecule has 1 aromatic rings. The summed E-state index contributed by atoms with van der Waals surface area (Å²) in [6.07, 6.45) is -3.84. The van der Waals surface area contributed by atoms with E-state index in [2.05, 4.69) is 5.32 Å². The maximum absolute atomic E-state index is 13.1. The highest BCUT2D eigenvalue weighted by molar-refractivity contribution is 5.16. The van der Waals surface area contributed by atoms with E-state index in [9.17, 15) is 17.6 Å². The van der Waals surface area contributed by atoms with Crippen LogP contribution in [-0.4, -0.2) is 32.5 Å². The third kappa shape index (κ3) is 7.45. The second-order valence-electron chi connectivity index (χ2n) is 4.64. The van der Waals surface area contributed by atoms with Gasteiger partial charge in [-0.25, -0.2) is 4.39 Å². The Labute approximate surface area is 116 Å². The van der Waals surface area contributed by atoms with Crippen LogP contribution < -0.4 is 5.32 Å². The zero-order valence-corrected chi connectivity index (χ0v) is 11.3. The van der Waals surface area contributed by atoms with E-state index < -0.39 is 12.8 Å². The van der Waals surface area contributed by atoms with Gasteiger partial charge in [0.05, 0.1) is 6.61 Å². The fourth-order valence-corrected chi connectivity index (χ4v) is 1.88. The summed E-state index contributed by atoms with van der Waals surface area (Å²) >= 11 is 0. The molecule has 114 valence electrons. The largest absolute Gasteiger partial charge is 0.411 e. The van der Waals surface area contributed by atoms with Gasteiger partial charge < -0.3 is 10.1 Å².